The number of fused-ring (bicyclic) bond motifs is 1. The van der Waals surface area contributed by atoms with E-state index in [0.717, 1.165) is 24.2 Å². The number of aromatic nitrogens is 3. The van der Waals surface area contributed by atoms with Crippen LogP contribution in [0, 0.1) is 6.92 Å². The summed E-state index contributed by atoms with van der Waals surface area (Å²) < 4.78 is 6.58. The molecule has 2 N–H and O–H groups in total. The van der Waals surface area contributed by atoms with E-state index < -0.39 is 5.54 Å². The zero-order valence-corrected chi connectivity index (χ0v) is 18.1. The molecular weight excluding hydrogens is 410 g/mol. The second-order valence-corrected chi connectivity index (χ2v) is 8.56. The van der Waals surface area contributed by atoms with Crippen molar-refractivity contribution in [2.45, 2.75) is 44.2 Å². The predicted molar refractivity (Wildman–Crippen MR) is 117 cm³/mol. The molecule has 1 aromatic carbocycles. The minimum absolute atomic E-state index is 0.00810. The summed E-state index contributed by atoms with van der Waals surface area (Å²) >= 11 is 0. The number of hydrogen-bond acceptors (Lipinski definition) is 5. The van der Waals surface area contributed by atoms with Crippen molar-refractivity contribution in [3.8, 4) is 5.75 Å². The van der Waals surface area contributed by atoms with Gasteiger partial charge in [0.05, 0.1) is 18.7 Å². The summed E-state index contributed by atoms with van der Waals surface area (Å²) in [5.41, 5.74) is 1.34. The largest absolute Gasteiger partial charge is 0.497 e. The molecule has 9 heteroatoms. The summed E-state index contributed by atoms with van der Waals surface area (Å²) in [6, 6.07) is 8.71. The highest BCUT2D eigenvalue weighted by Crippen LogP contribution is 2.45. The molecule has 2 atom stereocenters. The maximum absolute atomic E-state index is 13.8. The number of nitrogens with zero attached hydrogens (tertiary/aromatic N) is 3. The summed E-state index contributed by atoms with van der Waals surface area (Å²) in [4.78, 5) is 44.7. The lowest BCUT2D eigenvalue weighted by molar-refractivity contribution is -0.120. The Hall–Kier alpha value is -3.62. The average Bonchev–Trinajstić information content (AvgIpc) is 3.37. The monoisotopic (exact) mass is 435 g/mol. The van der Waals surface area contributed by atoms with Crippen molar-refractivity contribution < 1.29 is 14.3 Å². The van der Waals surface area contributed by atoms with Gasteiger partial charge in [-0.1, -0.05) is 12.1 Å². The number of H-pyrrole nitrogens is 1. The van der Waals surface area contributed by atoms with Crippen LogP contribution in [0.25, 0.3) is 5.65 Å². The summed E-state index contributed by atoms with van der Waals surface area (Å²) in [7, 11) is 1.61. The van der Waals surface area contributed by atoms with Crippen LogP contribution in [-0.4, -0.2) is 50.5 Å². The van der Waals surface area contributed by atoms with Crippen LogP contribution in [-0.2, 0) is 4.79 Å². The fourth-order valence-electron chi connectivity index (χ4n) is 5.17. The molecule has 3 aromatic rings. The number of nitrogens with one attached hydrogen (secondary N) is 2. The zero-order valence-electron chi connectivity index (χ0n) is 18.1. The molecule has 2 amide bonds. The molecule has 0 bridgehead atoms. The van der Waals surface area contributed by atoms with Crippen molar-refractivity contribution in [3.05, 3.63) is 63.7 Å². The lowest BCUT2D eigenvalue weighted by Gasteiger charge is -2.48. The Kier molecular flexibility index (Phi) is 4.76. The number of methoxy groups -OCH3 is 1. The fourth-order valence-corrected chi connectivity index (χ4v) is 5.17. The maximum atomic E-state index is 13.8. The Morgan fingerprint density at radius 1 is 1.22 bits per heavy atom. The van der Waals surface area contributed by atoms with Gasteiger partial charge in [-0.15, -0.1) is 0 Å². The quantitative estimate of drug-likeness (QED) is 0.654. The third-order valence-electron chi connectivity index (χ3n) is 6.59. The highest BCUT2D eigenvalue weighted by atomic mass is 16.5. The first kappa shape index (κ1) is 20.3. The van der Waals surface area contributed by atoms with Crippen LogP contribution < -0.4 is 15.6 Å². The van der Waals surface area contributed by atoms with Crippen molar-refractivity contribution in [2.75, 3.05) is 13.7 Å². The smallest absolute Gasteiger partial charge is 0.272 e. The third kappa shape index (κ3) is 3.16. The number of ether oxygens (including phenoxy) is 1. The topological polar surface area (TPSA) is 109 Å². The van der Waals surface area contributed by atoms with Gasteiger partial charge in [-0.3, -0.25) is 19.5 Å². The molecule has 32 heavy (non-hydrogen) atoms. The first-order valence-electron chi connectivity index (χ1n) is 10.8. The molecule has 4 heterocycles. The summed E-state index contributed by atoms with van der Waals surface area (Å²) in [6.45, 7) is 2.27. The van der Waals surface area contributed by atoms with Crippen molar-refractivity contribution in [1.29, 1.82) is 0 Å². The average molecular weight is 435 g/mol. The van der Waals surface area contributed by atoms with E-state index in [1.165, 1.54) is 16.8 Å². The highest BCUT2D eigenvalue weighted by Gasteiger charge is 2.51. The SMILES string of the molecule is COc1ccc([C@H]2N(C(=O)c3c[nH]n4c(=O)cc(C)nc34)CCC[C@]23CCC(=O)N3)cc1. The standard InChI is InChI=1S/C23H25N5O4/c1-14-12-19(30)28-21(25-14)17(13-24-28)22(31)27-11-3-9-23(10-8-18(29)26-23)20(27)15-4-6-16(32-2)7-5-15/h4-7,12-13,20,24H,3,8-11H2,1-2H3,(H,26,29)/t20-,23+/m1/s1. The molecule has 0 unspecified atom stereocenters. The molecular formula is C23H25N5O4. The first-order valence-corrected chi connectivity index (χ1v) is 10.8. The van der Waals surface area contributed by atoms with Gasteiger partial charge in [0.1, 0.15) is 11.3 Å². The lowest BCUT2D eigenvalue weighted by Crippen LogP contribution is -2.58. The van der Waals surface area contributed by atoms with Gasteiger partial charge in [0.25, 0.3) is 11.5 Å². The van der Waals surface area contributed by atoms with Gasteiger partial charge in [0.2, 0.25) is 5.91 Å². The predicted octanol–water partition coefficient (Wildman–Crippen LogP) is 1.97. The normalized spacial score (nSPS) is 23.0. The number of carbonyl (C=O) groups excluding carboxylic acids is 2. The van der Waals surface area contributed by atoms with Gasteiger partial charge < -0.3 is 15.0 Å². The third-order valence-corrected chi connectivity index (χ3v) is 6.59. The van der Waals surface area contributed by atoms with Crippen molar-refractivity contribution >= 4 is 17.5 Å². The molecule has 0 aliphatic carbocycles. The van der Waals surface area contributed by atoms with E-state index in [0.29, 0.717) is 36.3 Å². The number of likely N-dealkylation sites (tertiary alicyclic amines) is 1. The zero-order chi connectivity index (χ0) is 22.5. The Labute approximate surface area is 184 Å². The van der Waals surface area contributed by atoms with E-state index in [1.54, 1.807) is 14.0 Å². The van der Waals surface area contributed by atoms with Gasteiger partial charge in [-0.25, -0.2) is 9.50 Å². The molecule has 166 valence electrons. The Bertz CT molecular complexity index is 1260. The molecule has 2 aliphatic rings. The van der Waals surface area contributed by atoms with Crippen LogP contribution in [0.1, 0.15) is 53.3 Å². The van der Waals surface area contributed by atoms with E-state index >= 15 is 0 Å². The number of carbonyl (C=O) groups is 2. The summed E-state index contributed by atoms with van der Waals surface area (Å²) in [5.74, 6) is 0.513. The molecule has 2 fully saturated rings. The minimum Gasteiger partial charge on any atom is -0.497 e. The van der Waals surface area contributed by atoms with Crippen LogP contribution >= 0.6 is 0 Å². The molecule has 5 rings (SSSR count). The number of aryl methyl sites for hydroxylation is 1. The second-order valence-electron chi connectivity index (χ2n) is 8.56. The Morgan fingerprint density at radius 3 is 2.69 bits per heavy atom. The fraction of sp³-hybridized carbons (Fsp3) is 0.391. The van der Waals surface area contributed by atoms with Gasteiger partial charge in [0.15, 0.2) is 5.65 Å². The second kappa shape index (κ2) is 7.51. The number of piperidine rings is 1. The maximum Gasteiger partial charge on any atom is 0.272 e. The Morgan fingerprint density at radius 2 is 2.00 bits per heavy atom. The van der Waals surface area contributed by atoms with E-state index in [1.807, 2.05) is 29.2 Å². The highest BCUT2D eigenvalue weighted by molar-refractivity contribution is 6.00. The Balaban J connectivity index is 1.61. The van der Waals surface area contributed by atoms with Gasteiger partial charge in [-0.05, 0) is 43.9 Å². The van der Waals surface area contributed by atoms with Crippen molar-refractivity contribution in [2.24, 2.45) is 0 Å². The van der Waals surface area contributed by atoms with Crippen LogP contribution in [0.15, 0.2) is 41.3 Å². The molecule has 2 aliphatic heterocycles. The van der Waals surface area contributed by atoms with E-state index in [9.17, 15) is 14.4 Å². The van der Waals surface area contributed by atoms with E-state index in [2.05, 4.69) is 15.4 Å². The number of rotatable bonds is 3. The van der Waals surface area contributed by atoms with Gasteiger partial charge >= 0.3 is 0 Å². The minimum atomic E-state index is -0.522. The lowest BCUT2D eigenvalue weighted by atomic mass is 9.76. The van der Waals surface area contributed by atoms with Crippen LogP contribution in [0.2, 0.25) is 0 Å². The number of amides is 2. The van der Waals surface area contributed by atoms with Gasteiger partial charge in [0, 0.05) is 30.9 Å². The molecule has 0 radical (unpaired) electrons. The van der Waals surface area contributed by atoms with Crippen molar-refractivity contribution in [1.82, 2.24) is 24.8 Å². The molecule has 9 nitrogen and oxygen atoms in total. The number of hydrogen-bond donors (Lipinski definition) is 2. The first-order chi connectivity index (χ1) is 15.4. The molecule has 2 aromatic heterocycles. The van der Waals surface area contributed by atoms with Gasteiger partial charge in [-0.2, -0.15) is 0 Å². The van der Waals surface area contributed by atoms with E-state index in [4.69, 9.17) is 4.74 Å². The summed E-state index contributed by atoms with van der Waals surface area (Å²) in [6.07, 6.45) is 4.21. The van der Waals surface area contributed by atoms with Crippen molar-refractivity contribution in [3.63, 3.8) is 0 Å². The summed E-state index contributed by atoms with van der Waals surface area (Å²) in [5, 5.41) is 6.04. The molecule has 2 saturated heterocycles. The van der Waals surface area contributed by atoms with Crippen LogP contribution in [0.4, 0.5) is 0 Å². The molecule has 1 spiro atoms. The molecule has 0 saturated carbocycles. The number of aromatic amines is 1. The van der Waals surface area contributed by atoms with Crippen LogP contribution in [0.5, 0.6) is 5.75 Å². The van der Waals surface area contributed by atoms with Crippen LogP contribution in [0.3, 0.4) is 0 Å². The number of benzene rings is 1. The van der Waals surface area contributed by atoms with E-state index in [-0.39, 0.29) is 23.4 Å².